The molecule has 0 bridgehead atoms. The number of nitrogens with zero attached hydrogens (tertiary/aromatic N) is 3. The number of fused-ring (bicyclic) bond motifs is 1. The first-order valence-electron chi connectivity index (χ1n) is 11.6. The molecular weight excluding hydrogens is 564 g/mol. The summed E-state index contributed by atoms with van der Waals surface area (Å²) in [6.07, 6.45) is 4.57. The van der Waals surface area contributed by atoms with E-state index in [4.69, 9.17) is 4.74 Å². The number of sulfone groups is 1. The van der Waals surface area contributed by atoms with Crippen LogP contribution in [0.4, 0.5) is 8.78 Å². The summed E-state index contributed by atoms with van der Waals surface area (Å²) in [4.78, 5) is 17.1. The molecule has 5 aromatic rings. The smallest absolute Gasteiger partial charge is 0.275 e. The molecule has 0 fully saturated rings. The molecule has 0 saturated heterocycles. The molecule has 206 valence electrons. The first-order chi connectivity index (χ1) is 18.8. The fourth-order valence-corrected chi connectivity index (χ4v) is 6.06. The minimum Gasteiger partial charge on any atom is -0.435 e. The number of hydrogen-bond donors (Lipinski definition) is 0. The van der Waals surface area contributed by atoms with Crippen LogP contribution in [0.25, 0.3) is 22.0 Å². The van der Waals surface area contributed by atoms with Gasteiger partial charge in [-0.3, -0.25) is 4.79 Å². The fraction of sp³-hybridized carbons (Fsp3) is 0.111. The highest BCUT2D eigenvalue weighted by molar-refractivity contribution is 7.90. The van der Waals surface area contributed by atoms with Crippen LogP contribution in [-0.2, 0) is 26.9 Å². The van der Waals surface area contributed by atoms with E-state index in [1.807, 2.05) is 0 Å². The van der Waals surface area contributed by atoms with E-state index < -0.39 is 37.1 Å². The molecule has 0 atom stereocenters. The highest BCUT2D eigenvalue weighted by Crippen LogP contribution is 2.38. The van der Waals surface area contributed by atoms with Gasteiger partial charge in [0, 0.05) is 54.5 Å². The third-order valence-electron chi connectivity index (χ3n) is 6.21. The molecule has 5 rings (SSSR count). The molecular formula is C27H21F2N3O6S2. The van der Waals surface area contributed by atoms with Crippen molar-refractivity contribution in [3.05, 3.63) is 101 Å². The van der Waals surface area contributed by atoms with Crippen molar-refractivity contribution in [1.29, 1.82) is 0 Å². The van der Waals surface area contributed by atoms with Crippen LogP contribution in [-0.4, -0.2) is 36.6 Å². The Bertz CT molecular complexity index is 2090. The Morgan fingerprint density at radius 2 is 1.60 bits per heavy atom. The van der Waals surface area contributed by atoms with Crippen molar-refractivity contribution in [3.63, 3.8) is 0 Å². The number of aromatic nitrogens is 3. The van der Waals surface area contributed by atoms with E-state index >= 15 is 0 Å². The standard InChI is InChI=1S/C27H21F2N3O6S2/c1-16-4-7-18(8-5-16)40(36,37)32-11-10-20-22(15-31(2)27(33)25(20)32)21-13-19(39(3,34)35)14-30-26(21)38-24-9-6-17(28)12-23(24)29/h4-15H,1-3H3. The molecule has 0 aliphatic rings. The van der Waals surface area contributed by atoms with E-state index in [2.05, 4.69) is 4.98 Å². The quantitative estimate of drug-likeness (QED) is 0.290. The minimum atomic E-state index is -4.20. The van der Waals surface area contributed by atoms with Gasteiger partial charge < -0.3 is 9.30 Å². The van der Waals surface area contributed by atoms with Gasteiger partial charge in [-0.1, -0.05) is 17.7 Å². The molecule has 0 unspecified atom stereocenters. The third-order valence-corrected chi connectivity index (χ3v) is 8.98. The van der Waals surface area contributed by atoms with E-state index in [1.165, 1.54) is 43.7 Å². The molecule has 0 aliphatic carbocycles. The van der Waals surface area contributed by atoms with Gasteiger partial charge in [0.1, 0.15) is 11.3 Å². The van der Waals surface area contributed by atoms with Gasteiger partial charge in [0.05, 0.1) is 9.79 Å². The number of pyridine rings is 2. The van der Waals surface area contributed by atoms with E-state index in [9.17, 15) is 30.4 Å². The summed E-state index contributed by atoms with van der Waals surface area (Å²) >= 11 is 0. The highest BCUT2D eigenvalue weighted by atomic mass is 32.2. The fourth-order valence-electron chi connectivity index (χ4n) is 4.14. The Balaban J connectivity index is 1.79. The predicted molar refractivity (Wildman–Crippen MR) is 144 cm³/mol. The van der Waals surface area contributed by atoms with Crippen molar-refractivity contribution in [2.75, 3.05) is 6.26 Å². The van der Waals surface area contributed by atoms with Gasteiger partial charge in [-0.15, -0.1) is 0 Å². The number of aryl methyl sites for hydroxylation is 2. The molecule has 0 aliphatic heterocycles. The molecule has 2 aromatic carbocycles. The Hall–Kier alpha value is -4.36. The molecule has 40 heavy (non-hydrogen) atoms. The van der Waals surface area contributed by atoms with Crippen molar-refractivity contribution >= 4 is 30.8 Å². The highest BCUT2D eigenvalue weighted by Gasteiger charge is 2.25. The topological polar surface area (TPSA) is 117 Å². The summed E-state index contributed by atoms with van der Waals surface area (Å²) in [6, 6.07) is 11.4. The van der Waals surface area contributed by atoms with Crippen LogP contribution in [0.3, 0.4) is 0 Å². The zero-order valence-electron chi connectivity index (χ0n) is 21.3. The molecule has 0 spiro atoms. The van der Waals surface area contributed by atoms with Crippen LogP contribution in [0.2, 0.25) is 0 Å². The summed E-state index contributed by atoms with van der Waals surface area (Å²) in [5, 5.41) is 0.149. The van der Waals surface area contributed by atoms with E-state index in [-0.39, 0.29) is 43.5 Å². The number of hydrogen-bond acceptors (Lipinski definition) is 7. The van der Waals surface area contributed by atoms with Gasteiger partial charge in [-0.25, -0.2) is 34.6 Å². The number of rotatable bonds is 6. The summed E-state index contributed by atoms with van der Waals surface area (Å²) in [7, 11) is -6.58. The van der Waals surface area contributed by atoms with Gasteiger partial charge in [-0.2, -0.15) is 0 Å². The van der Waals surface area contributed by atoms with Crippen LogP contribution >= 0.6 is 0 Å². The molecule has 3 heterocycles. The number of ether oxygens (including phenoxy) is 1. The number of halogens is 2. The maximum Gasteiger partial charge on any atom is 0.275 e. The molecule has 0 N–H and O–H groups in total. The van der Waals surface area contributed by atoms with Crippen molar-refractivity contribution in [1.82, 2.24) is 13.5 Å². The van der Waals surface area contributed by atoms with Gasteiger partial charge in [0.15, 0.2) is 21.4 Å². The molecule has 3 aromatic heterocycles. The summed E-state index contributed by atoms with van der Waals surface area (Å²) in [6.45, 7) is 1.81. The van der Waals surface area contributed by atoms with E-state index in [0.717, 1.165) is 38.7 Å². The predicted octanol–water partition coefficient (Wildman–Crippen LogP) is 4.42. The maximum absolute atomic E-state index is 14.4. The Kier molecular flexibility index (Phi) is 6.59. The normalized spacial score (nSPS) is 12.1. The average molecular weight is 586 g/mol. The SMILES string of the molecule is Cc1ccc(S(=O)(=O)n2ccc3c(-c4cc(S(C)(=O)=O)cnc4Oc4ccc(F)cc4F)cn(C)c(=O)c32)cc1. The molecule has 9 nitrogen and oxygen atoms in total. The van der Waals surface area contributed by atoms with Gasteiger partial charge in [-0.05, 0) is 43.3 Å². The van der Waals surface area contributed by atoms with Crippen LogP contribution in [0, 0.1) is 18.6 Å². The largest absolute Gasteiger partial charge is 0.435 e. The Labute approximate surface area is 227 Å². The third kappa shape index (κ3) is 4.77. The summed E-state index contributed by atoms with van der Waals surface area (Å²) in [5.74, 6) is -2.50. The lowest BCUT2D eigenvalue weighted by Crippen LogP contribution is -2.22. The second-order valence-corrected chi connectivity index (χ2v) is 13.0. The van der Waals surface area contributed by atoms with Crippen molar-refractivity contribution in [2.24, 2.45) is 7.05 Å². The first-order valence-corrected chi connectivity index (χ1v) is 15.0. The van der Waals surface area contributed by atoms with Gasteiger partial charge >= 0.3 is 0 Å². The maximum atomic E-state index is 14.4. The Morgan fingerprint density at radius 1 is 0.900 bits per heavy atom. The average Bonchev–Trinajstić information content (AvgIpc) is 3.34. The van der Waals surface area contributed by atoms with Crippen molar-refractivity contribution < 1.29 is 30.4 Å². The number of benzene rings is 2. The minimum absolute atomic E-state index is 0.0257. The second kappa shape index (κ2) is 9.68. The molecule has 13 heteroatoms. The second-order valence-electron chi connectivity index (χ2n) is 9.12. The monoisotopic (exact) mass is 585 g/mol. The molecule has 0 radical (unpaired) electrons. The van der Waals surface area contributed by atoms with E-state index in [0.29, 0.717) is 6.07 Å². The van der Waals surface area contributed by atoms with Crippen LogP contribution in [0.5, 0.6) is 11.6 Å². The van der Waals surface area contributed by atoms with Crippen LogP contribution < -0.4 is 10.3 Å². The first kappa shape index (κ1) is 27.2. The van der Waals surface area contributed by atoms with Crippen molar-refractivity contribution in [3.8, 4) is 22.8 Å². The molecule has 0 saturated carbocycles. The molecule has 0 amide bonds. The lowest BCUT2D eigenvalue weighted by atomic mass is 10.1. The lowest BCUT2D eigenvalue weighted by molar-refractivity contribution is 0.424. The summed E-state index contributed by atoms with van der Waals surface area (Å²) < 4.78 is 87.2. The van der Waals surface area contributed by atoms with Crippen LogP contribution in [0.1, 0.15) is 5.56 Å². The van der Waals surface area contributed by atoms with Crippen molar-refractivity contribution in [2.45, 2.75) is 16.7 Å². The Morgan fingerprint density at radius 3 is 2.25 bits per heavy atom. The summed E-state index contributed by atoms with van der Waals surface area (Å²) in [5.41, 5.74) is 0.212. The lowest BCUT2D eigenvalue weighted by Gasteiger charge is -2.15. The van der Waals surface area contributed by atoms with E-state index in [1.54, 1.807) is 19.1 Å². The van der Waals surface area contributed by atoms with Crippen LogP contribution in [0.15, 0.2) is 87.8 Å². The van der Waals surface area contributed by atoms with Gasteiger partial charge in [0.25, 0.3) is 15.6 Å². The zero-order valence-corrected chi connectivity index (χ0v) is 22.9. The zero-order chi connectivity index (χ0) is 29.0. The van der Waals surface area contributed by atoms with Gasteiger partial charge in [0.2, 0.25) is 5.88 Å².